The third-order valence-corrected chi connectivity index (χ3v) is 6.12. The number of morpholine rings is 1. The molecule has 1 aromatic heterocycles. The summed E-state index contributed by atoms with van der Waals surface area (Å²) in [7, 11) is 0. The fraction of sp³-hybridized carbons (Fsp3) is 0.346. The number of fused-ring (bicyclic) bond motifs is 1. The van der Waals surface area contributed by atoms with Crippen LogP contribution in [-0.2, 0) is 24.4 Å². The lowest BCUT2D eigenvalue weighted by Crippen LogP contribution is -2.37. The molecule has 3 heterocycles. The van der Waals surface area contributed by atoms with Crippen molar-refractivity contribution in [2.24, 2.45) is 0 Å². The highest BCUT2D eigenvalue weighted by Crippen LogP contribution is 2.33. The standard InChI is InChI=1S/C26H30N6O2/c1-2-27-26(33)28-21-10-8-20(9-11-21)24-29-23-18-31(16-19-6-4-3-5-7-19)17-22(23)25(30-24)32-12-14-34-15-13-32/h3-11H,2,12-18H2,1H3,(H2,27,28,33). The number of nitrogens with zero attached hydrogens (tertiary/aromatic N) is 4. The van der Waals surface area contributed by atoms with Gasteiger partial charge in [0.15, 0.2) is 5.82 Å². The number of carbonyl (C=O) groups is 1. The van der Waals surface area contributed by atoms with E-state index in [0.717, 1.165) is 55.5 Å². The minimum absolute atomic E-state index is 0.211. The largest absolute Gasteiger partial charge is 0.378 e. The van der Waals surface area contributed by atoms with Crippen molar-refractivity contribution in [3.8, 4) is 11.4 Å². The summed E-state index contributed by atoms with van der Waals surface area (Å²) in [5.74, 6) is 1.73. The number of benzene rings is 2. The van der Waals surface area contributed by atoms with Crippen molar-refractivity contribution in [1.29, 1.82) is 0 Å². The second kappa shape index (κ2) is 10.2. The van der Waals surface area contributed by atoms with Crippen molar-refractivity contribution in [3.05, 3.63) is 71.4 Å². The van der Waals surface area contributed by atoms with Gasteiger partial charge in [-0.1, -0.05) is 30.3 Å². The molecule has 2 N–H and O–H groups in total. The van der Waals surface area contributed by atoms with E-state index in [4.69, 9.17) is 14.7 Å². The number of nitrogens with one attached hydrogen (secondary N) is 2. The third kappa shape index (κ3) is 5.03. The van der Waals surface area contributed by atoms with Crippen molar-refractivity contribution >= 4 is 17.5 Å². The van der Waals surface area contributed by atoms with E-state index >= 15 is 0 Å². The summed E-state index contributed by atoms with van der Waals surface area (Å²) in [5.41, 5.74) is 5.27. The van der Waals surface area contributed by atoms with Crippen molar-refractivity contribution in [2.45, 2.75) is 26.6 Å². The fourth-order valence-corrected chi connectivity index (χ4v) is 4.46. The average Bonchev–Trinajstić information content (AvgIpc) is 3.27. The maximum Gasteiger partial charge on any atom is 0.319 e. The maximum atomic E-state index is 11.8. The van der Waals surface area contributed by atoms with E-state index in [-0.39, 0.29) is 6.03 Å². The first-order chi connectivity index (χ1) is 16.7. The maximum absolute atomic E-state index is 11.8. The Labute approximate surface area is 200 Å². The first-order valence-corrected chi connectivity index (χ1v) is 11.8. The summed E-state index contributed by atoms with van der Waals surface area (Å²) in [6.45, 7) is 8.08. The Morgan fingerprint density at radius 3 is 2.50 bits per heavy atom. The number of ether oxygens (including phenoxy) is 1. The lowest BCUT2D eigenvalue weighted by molar-refractivity contribution is 0.122. The minimum atomic E-state index is -0.211. The molecule has 0 radical (unpaired) electrons. The molecule has 0 aliphatic carbocycles. The zero-order valence-corrected chi connectivity index (χ0v) is 19.5. The Hall–Kier alpha value is -3.49. The van der Waals surface area contributed by atoms with Crippen molar-refractivity contribution in [1.82, 2.24) is 20.2 Å². The van der Waals surface area contributed by atoms with Gasteiger partial charge in [-0.15, -0.1) is 0 Å². The number of carbonyl (C=O) groups excluding carboxylic acids is 1. The van der Waals surface area contributed by atoms with E-state index in [1.807, 2.05) is 37.3 Å². The first kappa shape index (κ1) is 22.3. The molecule has 0 saturated carbocycles. The number of aromatic nitrogens is 2. The van der Waals surface area contributed by atoms with Crippen LogP contribution >= 0.6 is 0 Å². The second-order valence-corrected chi connectivity index (χ2v) is 8.59. The van der Waals surface area contributed by atoms with Gasteiger partial charge in [-0.2, -0.15) is 0 Å². The van der Waals surface area contributed by atoms with Gasteiger partial charge in [0.25, 0.3) is 0 Å². The van der Waals surface area contributed by atoms with Crippen LogP contribution in [-0.4, -0.2) is 53.7 Å². The molecule has 34 heavy (non-hydrogen) atoms. The molecule has 8 nitrogen and oxygen atoms in total. The molecular weight excluding hydrogens is 428 g/mol. The summed E-state index contributed by atoms with van der Waals surface area (Å²) in [5, 5.41) is 5.57. The molecule has 0 unspecified atom stereocenters. The van der Waals surface area contributed by atoms with Gasteiger partial charge in [0.1, 0.15) is 5.82 Å². The number of amides is 2. The van der Waals surface area contributed by atoms with Crippen molar-refractivity contribution < 1.29 is 9.53 Å². The Morgan fingerprint density at radius 2 is 1.76 bits per heavy atom. The topological polar surface area (TPSA) is 82.6 Å². The Balaban J connectivity index is 1.42. The van der Waals surface area contributed by atoms with E-state index in [0.29, 0.717) is 25.6 Å². The number of anilines is 2. The number of rotatable bonds is 6. The summed E-state index contributed by atoms with van der Waals surface area (Å²) in [6.07, 6.45) is 0. The number of hydrogen-bond acceptors (Lipinski definition) is 6. The van der Waals surface area contributed by atoms with Crippen LogP contribution in [0.3, 0.4) is 0 Å². The molecule has 2 aromatic carbocycles. The predicted molar refractivity (Wildman–Crippen MR) is 133 cm³/mol. The molecule has 1 saturated heterocycles. The van der Waals surface area contributed by atoms with Crippen LogP contribution in [0.25, 0.3) is 11.4 Å². The highest BCUT2D eigenvalue weighted by molar-refractivity contribution is 5.89. The molecule has 3 aromatic rings. The number of hydrogen-bond donors (Lipinski definition) is 2. The van der Waals surface area contributed by atoms with Crippen LogP contribution < -0.4 is 15.5 Å². The quantitative estimate of drug-likeness (QED) is 0.587. The highest BCUT2D eigenvalue weighted by atomic mass is 16.5. The van der Waals surface area contributed by atoms with Gasteiger partial charge in [-0.05, 0) is 36.8 Å². The van der Waals surface area contributed by atoms with Gasteiger partial charge in [0.05, 0.1) is 18.9 Å². The summed E-state index contributed by atoms with van der Waals surface area (Å²) < 4.78 is 5.58. The third-order valence-electron chi connectivity index (χ3n) is 6.12. The molecule has 0 bridgehead atoms. The second-order valence-electron chi connectivity index (χ2n) is 8.59. The molecular formula is C26H30N6O2. The zero-order valence-electron chi connectivity index (χ0n) is 19.5. The van der Waals surface area contributed by atoms with E-state index in [2.05, 4.69) is 44.7 Å². The van der Waals surface area contributed by atoms with Crippen molar-refractivity contribution in [3.63, 3.8) is 0 Å². The van der Waals surface area contributed by atoms with Gasteiger partial charge >= 0.3 is 6.03 Å². The first-order valence-electron chi connectivity index (χ1n) is 11.8. The summed E-state index contributed by atoms with van der Waals surface area (Å²) >= 11 is 0. The predicted octanol–water partition coefficient (Wildman–Crippen LogP) is 3.64. The number of urea groups is 1. The van der Waals surface area contributed by atoms with Gasteiger partial charge in [-0.3, -0.25) is 4.90 Å². The molecule has 2 amide bonds. The molecule has 1 fully saturated rings. The zero-order chi connectivity index (χ0) is 23.3. The molecule has 0 spiro atoms. The minimum Gasteiger partial charge on any atom is -0.378 e. The normalized spacial score (nSPS) is 15.7. The molecule has 176 valence electrons. The van der Waals surface area contributed by atoms with Crippen LogP contribution in [0.2, 0.25) is 0 Å². The molecule has 2 aliphatic rings. The lowest BCUT2D eigenvalue weighted by Gasteiger charge is -2.29. The molecule has 0 atom stereocenters. The Kier molecular flexibility index (Phi) is 6.69. The average molecular weight is 459 g/mol. The van der Waals surface area contributed by atoms with Gasteiger partial charge in [0, 0.05) is 56.1 Å². The fourth-order valence-electron chi connectivity index (χ4n) is 4.46. The summed E-state index contributed by atoms with van der Waals surface area (Å²) in [4.78, 5) is 26.6. The van der Waals surface area contributed by atoms with Crippen LogP contribution in [0.15, 0.2) is 54.6 Å². The van der Waals surface area contributed by atoms with E-state index in [9.17, 15) is 4.79 Å². The lowest BCUT2D eigenvalue weighted by atomic mass is 10.1. The monoisotopic (exact) mass is 458 g/mol. The van der Waals surface area contributed by atoms with E-state index < -0.39 is 0 Å². The molecule has 8 heteroatoms. The van der Waals surface area contributed by atoms with Crippen LogP contribution in [0.1, 0.15) is 23.7 Å². The summed E-state index contributed by atoms with van der Waals surface area (Å²) in [6, 6.07) is 18.0. The van der Waals surface area contributed by atoms with Gasteiger partial charge < -0.3 is 20.3 Å². The smallest absolute Gasteiger partial charge is 0.319 e. The molecule has 5 rings (SSSR count). The van der Waals surface area contributed by atoms with Crippen LogP contribution in [0.4, 0.5) is 16.3 Å². The Morgan fingerprint density at radius 1 is 1.00 bits per heavy atom. The van der Waals surface area contributed by atoms with E-state index in [1.165, 1.54) is 11.1 Å². The molecule has 2 aliphatic heterocycles. The van der Waals surface area contributed by atoms with Crippen LogP contribution in [0, 0.1) is 0 Å². The Bertz CT molecular complexity index is 1130. The highest BCUT2D eigenvalue weighted by Gasteiger charge is 2.28. The van der Waals surface area contributed by atoms with E-state index in [1.54, 1.807) is 0 Å². The van der Waals surface area contributed by atoms with Crippen molar-refractivity contribution in [2.75, 3.05) is 43.1 Å². The van der Waals surface area contributed by atoms with Gasteiger partial charge in [-0.25, -0.2) is 14.8 Å². The van der Waals surface area contributed by atoms with Gasteiger partial charge in [0.2, 0.25) is 0 Å². The van der Waals surface area contributed by atoms with Crippen LogP contribution in [0.5, 0.6) is 0 Å². The SMILES string of the molecule is CCNC(=O)Nc1ccc(-c2nc3c(c(N4CCOCC4)n2)CN(Cc2ccccc2)C3)cc1.